The number of ether oxygens (including phenoxy) is 1. The first-order valence-electron chi connectivity index (χ1n) is 4.49. The van der Waals surface area contributed by atoms with Crippen molar-refractivity contribution in [1.29, 1.82) is 0 Å². The molecule has 0 bridgehead atoms. The number of aromatic nitrogens is 2. The van der Waals surface area contributed by atoms with E-state index in [2.05, 4.69) is 5.10 Å². The van der Waals surface area contributed by atoms with Crippen molar-refractivity contribution in [3.05, 3.63) is 18.0 Å². The maximum absolute atomic E-state index is 11.2. The number of carbonyl (C=O) groups is 1. The van der Waals surface area contributed by atoms with Crippen LogP contribution in [0.3, 0.4) is 0 Å². The predicted molar refractivity (Wildman–Crippen MR) is 48.6 cm³/mol. The minimum Gasteiger partial charge on any atom is -0.448 e. The van der Waals surface area contributed by atoms with E-state index in [0.717, 1.165) is 18.5 Å². The van der Waals surface area contributed by atoms with Gasteiger partial charge in [0.2, 0.25) is 0 Å². The average Bonchev–Trinajstić information content (AvgIpc) is 2.62. The largest absolute Gasteiger partial charge is 0.448 e. The summed E-state index contributed by atoms with van der Waals surface area (Å²) in [7, 11) is 0. The summed E-state index contributed by atoms with van der Waals surface area (Å²) in [5, 5.41) is 4.02. The molecular weight excluding hydrogens is 168 g/mol. The molecule has 0 spiro atoms. The molecule has 0 aliphatic rings. The van der Waals surface area contributed by atoms with Gasteiger partial charge in [0.1, 0.15) is 0 Å². The van der Waals surface area contributed by atoms with Crippen LogP contribution >= 0.6 is 0 Å². The maximum atomic E-state index is 11.2. The lowest BCUT2D eigenvalue weighted by Gasteiger charge is -2.00. The highest BCUT2D eigenvalue weighted by atomic mass is 16.6. The molecule has 0 aliphatic carbocycles. The van der Waals surface area contributed by atoms with Crippen molar-refractivity contribution in [2.45, 2.75) is 26.7 Å². The van der Waals surface area contributed by atoms with Gasteiger partial charge in [0.05, 0.1) is 12.3 Å². The van der Waals surface area contributed by atoms with Gasteiger partial charge in [-0.25, -0.2) is 4.79 Å². The van der Waals surface area contributed by atoms with Crippen LogP contribution in [-0.4, -0.2) is 22.5 Å². The van der Waals surface area contributed by atoms with Crippen LogP contribution in [-0.2, 0) is 11.2 Å². The molecule has 1 heterocycles. The van der Waals surface area contributed by atoms with Gasteiger partial charge in [-0.3, -0.25) is 0 Å². The molecule has 0 saturated carbocycles. The highest BCUT2D eigenvalue weighted by Crippen LogP contribution is 1.97. The summed E-state index contributed by atoms with van der Waals surface area (Å²) in [6.07, 6.45) is 2.87. The monoisotopic (exact) mass is 182 g/mol. The number of aryl methyl sites for hydroxylation is 1. The van der Waals surface area contributed by atoms with Crippen molar-refractivity contribution >= 4 is 6.09 Å². The van der Waals surface area contributed by atoms with Crippen LogP contribution in [0.25, 0.3) is 0 Å². The molecule has 0 radical (unpaired) electrons. The lowest BCUT2D eigenvalue weighted by atomic mass is 10.4. The minimum atomic E-state index is -0.401. The molecule has 1 aromatic heterocycles. The van der Waals surface area contributed by atoms with Crippen LogP contribution in [0.15, 0.2) is 12.3 Å². The first-order chi connectivity index (χ1) is 6.27. The molecule has 4 heteroatoms. The third-order valence-electron chi connectivity index (χ3n) is 1.62. The van der Waals surface area contributed by atoms with E-state index in [1.165, 1.54) is 4.68 Å². The topological polar surface area (TPSA) is 44.1 Å². The first-order valence-corrected chi connectivity index (χ1v) is 4.49. The summed E-state index contributed by atoms with van der Waals surface area (Å²) < 4.78 is 6.13. The van der Waals surface area contributed by atoms with Crippen molar-refractivity contribution in [3.8, 4) is 0 Å². The summed E-state index contributed by atoms with van der Waals surface area (Å²) in [6.45, 7) is 4.39. The Kier molecular flexibility index (Phi) is 3.49. The Bertz CT molecular complexity index is 281. The van der Waals surface area contributed by atoms with Crippen molar-refractivity contribution in [2.24, 2.45) is 0 Å². The second-order valence-corrected chi connectivity index (χ2v) is 2.72. The molecule has 0 fully saturated rings. The van der Waals surface area contributed by atoms with Crippen LogP contribution in [0.1, 0.15) is 26.0 Å². The van der Waals surface area contributed by atoms with Crippen molar-refractivity contribution in [3.63, 3.8) is 0 Å². The lowest BCUT2D eigenvalue weighted by molar-refractivity contribution is 0.144. The van der Waals surface area contributed by atoms with E-state index in [-0.39, 0.29) is 0 Å². The highest BCUT2D eigenvalue weighted by Gasteiger charge is 2.06. The number of hydrogen-bond donors (Lipinski definition) is 0. The Labute approximate surface area is 77.5 Å². The molecule has 0 atom stereocenters. The van der Waals surface area contributed by atoms with Gasteiger partial charge in [-0.15, -0.1) is 0 Å². The minimum absolute atomic E-state index is 0.401. The van der Waals surface area contributed by atoms with E-state index < -0.39 is 6.09 Å². The fourth-order valence-electron chi connectivity index (χ4n) is 0.907. The van der Waals surface area contributed by atoms with Crippen molar-refractivity contribution in [2.75, 3.05) is 6.61 Å². The molecule has 0 aromatic carbocycles. The summed E-state index contributed by atoms with van der Waals surface area (Å²) in [5.41, 5.74) is 0.897. The summed E-state index contributed by atoms with van der Waals surface area (Å²) >= 11 is 0. The smallest absolute Gasteiger partial charge is 0.434 e. The second kappa shape index (κ2) is 4.64. The number of hydrogen-bond acceptors (Lipinski definition) is 3. The normalized spacial score (nSPS) is 10.0. The molecule has 1 rings (SSSR count). The molecule has 0 N–H and O–H groups in total. The lowest BCUT2D eigenvalue weighted by Crippen LogP contribution is -2.14. The molecule has 0 aliphatic heterocycles. The van der Waals surface area contributed by atoms with Crippen molar-refractivity contribution in [1.82, 2.24) is 9.78 Å². The Balaban J connectivity index is 2.55. The fraction of sp³-hybridized carbons (Fsp3) is 0.556. The van der Waals surface area contributed by atoms with E-state index in [4.69, 9.17) is 4.74 Å². The number of rotatable bonds is 3. The van der Waals surface area contributed by atoms with Gasteiger partial charge < -0.3 is 4.74 Å². The van der Waals surface area contributed by atoms with Gasteiger partial charge in [0, 0.05) is 6.20 Å². The molecule has 0 unspecified atom stereocenters. The predicted octanol–water partition coefficient (Wildman–Crippen LogP) is 1.84. The van der Waals surface area contributed by atoms with Gasteiger partial charge in [-0.05, 0) is 18.9 Å². The average molecular weight is 182 g/mol. The quantitative estimate of drug-likeness (QED) is 0.716. The third-order valence-corrected chi connectivity index (χ3v) is 1.62. The fourth-order valence-corrected chi connectivity index (χ4v) is 0.907. The van der Waals surface area contributed by atoms with Gasteiger partial charge in [-0.1, -0.05) is 13.8 Å². The van der Waals surface area contributed by atoms with E-state index in [1.807, 2.05) is 19.9 Å². The standard InChI is InChI=1S/C9H14N2O2/c1-3-7-13-9(12)11-6-5-8(4-2)10-11/h5-6H,3-4,7H2,1-2H3. The molecule has 13 heavy (non-hydrogen) atoms. The molecular formula is C9H14N2O2. The zero-order valence-corrected chi connectivity index (χ0v) is 7.99. The van der Waals surface area contributed by atoms with E-state index in [0.29, 0.717) is 6.61 Å². The summed E-state index contributed by atoms with van der Waals surface area (Å²) in [6, 6.07) is 1.81. The molecule has 0 saturated heterocycles. The molecule has 1 aromatic rings. The van der Waals surface area contributed by atoms with Gasteiger partial charge in [-0.2, -0.15) is 9.78 Å². The van der Waals surface area contributed by atoms with Crippen LogP contribution in [0.4, 0.5) is 4.79 Å². The van der Waals surface area contributed by atoms with Crippen LogP contribution in [0.5, 0.6) is 0 Å². The van der Waals surface area contributed by atoms with Crippen LogP contribution in [0, 0.1) is 0 Å². The Morgan fingerprint density at radius 3 is 2.92 bits per heavy atom. The third kappa shape index (κ3) is 2.57. The van der Waals surface area contributed by atoms with Gasteiger partial charge in [0.25, 0.3) is 0 Å². The Morgan fingerprint density at radius 1 is 1.62 bits per heavy atom. The number of carbonyl (C=O) groups excluding carboxylic acids is 1. The SMILES string of the molecule is CCCOC(=O)n1ccc(CC)n1. The molecule has 0 amide bonds. The van der Waals surface area contributed by atoms with E-state index >= 15 is 0 Å². The zero-order chi connectivity index (χ0) is 9.68. The molecule has 72 valence electrons. The number of nitrogens with zero attached hydrogens (tertiary/aromatic N) is 2. The molecule has 4 nitrogen and oxygen atoms in total. The summed E-state index contributed by atoms with van der Waals surface area (Å²) in [5.74, 6) is 0. The summed E-state index contributed by atoms with van der Waals surface area (Å²) in [4.78, 5) is 11.2. The van der Waals surface area contributed by atoms with Crippen molar-refractivity contribution < 1.29 is 9.53 Å². The Morgan fingerprint density at radius 2 is 2.38 bits per heavy atom. The highest BCUT2D eigenvalue weighted by molar-refractivity contribution is 5.69. The van der Waals surface area contributed by atoms with Crippen LogP contribution in [0.2, 0.25) is 0 Å². The Hall–Kier alpha value is -1.32. The zero-order valence-electron chi connectivity index (χ0n) is 7.99. The van der Waals surface area contributed by atoms with Crippen LogP contribution < -0.4 is 0 Å². The van der Waals surface area contributed by atoms with E-state index in [9.17, 15) is 4.79 Å². The van der Waals surface area contributed by atoms with E-state index in [1.54, 1.807) is 6.20 Å². The first kappa shape index (κ1) is 9.77. The second-order valence-electron chi connectivity index (χ2n) is 2.72. The maximum Gasteiger partial charge on any atom is 0.434 e. The van der Waals surface area contributed by atoms with Gasteiger partial charge in [0.15, 0.2) is 0 Å². The van der Waals surface area contributed by atoms with Gasteiger partial charge >= 0.3 is 6.09 Å².